The maximum Gasteiger partial charge on any atom is 1.00 e. The standard InChI is InChI=1S/C22H30N3O10P.C22H24O5.C19H22N2O5.C10H14N2O6.C4H4N2O2.CH4O.CH3O.Na/c1-13(2)33-19(28)14(3)24-36(31,35-15-8-6-5-7-9-15)32-12-16-18(27)22(4,30)20(34-16)25-11-10-17(26)23-21(25)29;1-4-18-15(2)22(3,27-20(24)17-13-9-6-10-14-17)21(25-18)26-19(23)16-11-7-5-8-12-16;1-4-14-12(2)19(3,26-16(23)13-8-6-5-7-9-13)17(25-14)21-11-10-15(22)20-18(21)24;1-10(17)7(15)5(4-13)18-8(10)12-3-2-6(14)11-9(12)16;7-3-1-2-5-4(8)6-3;2*1-2;/h5-11,13-14,16,18,20,27,30H,12H2,1-4H3,(H,24,31)(H,23,26,29);5-15,18,21H,4H2,1-3H3;5-12,14,17H,4H2,1-3H3,(H,20,22,24);2-3,5,7-8,13,15,17H,4H2,1H3,(H,11,14,16);1-2H,(H2,5,6,7,8);2H,1H3;1H3;/q;;;;;;-1;+1/t14-,16+,18+,20+,22+,36-;15-,18-,21?,22-;12-,14-,17-,19-;5-,7-,8-,10-;;;;/m0111..../s1/i10D;;10D;2D;1D;;;. The molecule has 4 aromatic heterocycles. The predicted molar refractivity (Wildman–Crippen MR) is 422 cm³/mol. The van der Waals surface area contributed by atoms with Crippen molar-refractivity contribution < 1.29 is 141 Å². The van der Waals surface area contributed by atoms with E-state index in [4.69, 9.17) is 67.7 Å². The quantitative estimate of drug-likeness (QED) is 0.0181. The van der Waals surface area contributed by atoms with Crippen molar-refractivity contribution in [3.05, 3.63) is 270 Å². The van der Waals surface area contributed by atoms with Gasteiger partial charge in [-0.25, -0.2) is 38.1 Å². The summed E-state index contributed by atoms with van der Waals surface area (Å²) < 4.78 is 102. The number of para-hydroxylation sites is 1. The third-order valence-corrected chi connectivity index (χ3v) is 20.7. The summed E-state index contributed by atoms with van der Waals surface area (Å²) in [5.74, 6) is -2.41. The number of aliphatic hydroxyl groups is 6. The molecule has 0 radical (unpaired) electrons. The third kappa shape index (κ3) is 25.8. The Hall–Kier alpha value is -10.0. The molecule has 120 heavy (non-hydrogen) atoms. The molecule has 12 N–H and O–H groups in total. The number of carbonyl (C=O) groups is 4. The average Bonchev–Trinajstić information content (AvgIpc) is 1.62. The smallest absolute Gasteiger partial charge is 0.857 e. The van der Waals surface area contributed by atoms with E-state index < -0.39 is 186 Å². The van der Waals surface area contributed by atoms with E-state index in [2.05, 4.69) is 15.1 Å². The second-order valence-electron chi connectivity index (χ2n) is 27.7. The summed E-state index contributed by atoms with van der Waals surface area (Å²) >= 11 is 0. The maximum atomic E-state index is 13.6. The van der Waals surface area contributed by atoms with Crippen LogP contribution in [0, 0.1) is 11.8 Å². The van der Waals surface area contributed by atoms with E-state index in [0.29, 0.717) is 23.1 Å². The van der Waals surface area contributed by atoms with E-state index in [1.165, 1.54) is 32.9 Å². The Bertz CT molecular complexity index is 5420. The number of hydrogen-bond acceptors (Lipinski definition) is 30. The predicted octanol–water partition coefficient (Wildman–Crippen LogP) is -0.804. The van der Waals surface area contributed by atoms with E-state index in [1.54, 1.807) is 125 Å². The monoisotopic (exact) mass is 1710 g/mol. The number of aliphatic hydroxyl groups excluding tert-OH is 4. The molecule has 0 amide bonds. The normalized spacial score (nSPS) is 26.6. The van der Waals surface area contributed by atoms with Gasteiger partial charge >= 0.3 is 83.9 Å². The molecule has 8 aromatic rings. The number of rotatable bonds is 21. The van der Waals surface area contributed by atoms with Gasteiger partial charge in [-0.05, 0) is 110 Å². The van der Waals surface area contributed by atoms with Crippen molar-refractivity contribution in [2.75, 3.05) is 27.4 Å². The van der Waals surface area contributed by atoms with Crippen molar-refractivity contribution >= 4 is 31.6 Å². The molecule has 41 heteroatoms. The summed E-state index contributed by atoms with van der Waals surface area (Å²) in [6.07, 6.45) is -5.76. The number of aromatic nitrogens is 8. The Morgan fingerprint density at radius 2 is 0.933 bits per heavy atom. The van der Waals surface area contributed by atoms with Gasteiger partial charge in [-0.1, -0.05) is 100 Å². The number of benzene rings is 4. The summed E-state index contributed by atoms with van der Waals surface area (Å²) in [4.78, 5) is 151. The van der Waals surface area contributed by atoms with Crippen LogP contribution in [0.5, 0.6) is 5.75 Å². The van der Waals surface area contributed by atoms with Gasteiger partial charge in [0.15, 0.2) is 29.9 Å². The number of carbonyl (C=O) groups excluding carboxylic acids is 4. The molecule has 4 aliphatic rings. The first-order valence-electron chi connectivity index (χ1n) is 38.9. The van der Waals surface area contributed by atoms with Crippen LogP contribution in [0.25, 0.3) is 0 Å². The largest absolute Gasteiger partial charge is 1.00 e. The van der Waals surface area contributed by atoms with Gasteiger partial charge in [-0.15, -0.1) is 0 Å². The van der Waals surface area contributed by atoms with Crippen LogP contribution in [-0.4, -0.2) is 198 Å². The average molecular weight is 1710 g/mol. The second kappa shape index (κ2) is 45.6. The first-order valence-corrected chi connectivity index (χ1v) is 38.4. The summed E-state index contributed by atoms with van der Waals surface area (Å²) in [7, 11) is -2.55. The van der Waals surface area contributed by atoms with Crippen LogP contribution in [0.1, 0.15) is 144 Å². The number of nitrogens with zero attached hydrogens (tertiary/aromatic N) is 3. The zero-order valence-corrected chi connectivity index (χ0v) is 70.9. The fourth-order valence-corrected chi connectivity index (χ4v) is 13.9. The van der Waals surface area contributed by atoms with Crippen LogP contribution in [0.4, 0.5) is 0 Å². The molecule has 4 aromatic carbocycles. The summed E-state index contributed by atoms with van der Waals surface area (Å²) in [5, 5.41) is 68.3. The van der Waals surface area contributed by atoms with Crippen molar-refractivity contribution in [1.29, 1.82) is 0 Å². The SMILES string of the molecule is CC[C@H]1OC(OC(=O)c2ccccc2)[C@](C)(OC(=O)c2ccccc2)[C@@H]1C.CO.C[O-].[2H]c1c[nH]c(=O)[nH]c1=O.[2H]c1cn([C@@H]2O[C@H](CC)[C@@H](C)[C@@]2(C)OC(=O)c2ccccc2)c(=O)[nH]c1=O.[2H]c1cn([C@@H]2O[C@H](CO)[C@@H](O)[C@@]2(C)O)c(=O)[nH]c1=O.[2H]c1cn([C@@H]2O[C@H](CO[P@@](=O)(N[C@@H](C)C(=O)OC(C)C)Oc3ccccc3)[C@@H](O)[C@@]2(C)O)c(=O)[nH]c1=O.[Na+]. The molecule has 0 aliphatic carbocycles. The number of nitrogens with one attached hydrogen (secondary N) is 6. The first-order chi connectivity index (χ1) is 57.9. The minimum Gasteiger partial charge on any atom is -0.857 e. The summed E-state index contributed by atoms with van der Waals surface area (Å²) in [6, 6.07) is 31.2. The Morgan fingerprint density at radius 3 is 1.34 bits per heavy atom. The summed E-state index contributed by atoms with van der Waals surface area (Å²) in [6.45, 7) is 17.2. The fraction of sp³-hybridized carbons (Fsp3) is 0.443. The van der Waals surface area contributed by atoms with Gasteiger partial charge < -0.3 is 83.1 Å². The van der Waals surface area contributed by atoms with Crippen LogP contribution in [0.3, 0.4) is 0 Å². The van der Waals surface area contributed by atoms with E-state index in [9.17, 15) is 82.5 Å². The van der Waals surface area contributed by atoms with Crippen LogP contribution in [0.2, 0.25) is 0 Å². The summed E-state index contributed by atoms with van der Waals surface area (Å²) in [5.41, 5.74) is -11.3. The third-order valence-electron chi connectivity index (χ3n) is 19.0. The van der Waals surface area contributed by atoms with E-state index in [1.807, 2.05) is 54.8 Å². The molecule has 8 heterocycles. The zero-order chi connectivity index (χ0) is 92.0. The number of aromatic amines is 5. The van der Waals surface area contributed by atoms with Crippen LogP contribution >= 0.6 is 7.75 Å². The first kappa shape index (κ1) is 93.9. The molecule has 39 nitrogen and oxygen atoms in total. The minimum absolute atomic E-state index is 0. The van der Waals surface area contributed by atoms with Crippen molar-refractivity contribution in [3.8, 4) is 5.75 Å². The molecule has 0 saturated carbocycles. The fourth-order valence-electron chi connectivity index (χ4n) is 12.4. The van der Waals surface area contributed by atoms with E-state index in [-0.39, 0.29) is 71.4 Å². The van der Waals surface area contributed by atoms with Gasteiger partial charge in [0.2, 0.25) is 6.29 Å². The van der Waals surface area contributed by atoms with E-state index >= 15 is 0 Å². The molecular weight excluding hydrogens is 1610 g/mol. The van der Waals surface area contributed by atoms with Crippen LogP contribution in [0.15, 0.2) is 209 Å². The molecule has 1 unspecified atom stereocenters. The number of ether oxygens (including phenoxy) is 8. The van der Waals surface area contributed by atoms with Gasteiger partial charge in [0.25, 0.3) is 22.2 Å². The van der Waals surface area contributed by atoms with Crippen LogP contribution < -0.4 is 89.3 Å². The molecule has 0 bridgehead atoms. The van der Waals surface area contributed by atoms with Gasteiger partial charge in [-0.3, -0.25) is 62.1 Å². The minimum atomic E-state index is -4.30. The van der Waals surface area contributed by atoms with E-state index in [0.717, 1.165) is 59.1 Å². The Labute approximate surface area is 713 Å². The zero-order valence-electron chi connectivity index (χ0n) is 72.0. The van der Waals surface area contributed by atoms with Crippen molar-refractivity contribution in [2.24, 2.45) is 11.8 Å². The molecule has 18 atom stereocenters. The number of H-pyrrole nitrogens is 5. The molecular formula is C79H101N9NaO30P. The molecule has 4 fully saturated rings. The molecule has 648 valence electrons. The molecule has 4 saturated heterocycles. The van der Waals surface area contributed by atoms with Crippen LogP contribution in [-0.2, 0) is 51.8 Å². The van der Waals surface area contributed by atoms with Crippen molar-refractivity contribution in [2.45, 2.75) is 185 Å². The number of esters is 4. The Morgan fingerprint density at radius 1 is 0.558 bits per heavy atom. The Kier molecular flexibility index (Phi) is 35.6. The number of hydrogen-bond donors (Lipinski definition) is 12. The Balaban J connectivity index is 0.000000284. The van der Waals surface area contributed by atoms with Gasteiger partial charge in [-0.2, -0.15) is 12.2 Å². The van der Waals surface area contributed by atoms with Gasteiger partial charge in [0.1, 0.15) is 47.4 Å². The topological polar surface area (TPSA) is 564 Å². The molecule has 12 rings (SSSR count). The van der Waals surface area contributed by atoms with Crippen molar-refractivity contribution in [1.82, 2.24) is 43.7 Å². The maximum absolute atomic E-state index is 13.6. The van der Waals surface area contributed by atoms with Gasteiger partial charge in [0.05, 0.1) is 53.7 Å². The molecule has 4 aliphatic heterocycles. The molecule has 0 spiro atoms. The van der Waals surface area contributed by atoms with Gasteiger partial charge in [0, 0.05) is 67.9 Å². The van der Waals surface area contributed by atoms with Crippen molar-refractivity contribution in [3.63, 3.8) is 0 Å². The second-order valence-corrected chi connectivity index (χ2v) is 29.4.